The standard InChI is InChI=1S/C30H36ClN3O2/c1-21-9-7-12-25-24(21)11-8-13-26(25)29(35)32-28-15-14-22(31)19-27(28)30(36)34-18-6-3-10-23(34)20-33-16-4-2-5-17-33/h7-8,11-15,19,21,23H,2-6,9-10,16-18,20H2,1H3,(H,32,35). The van der Waals surface area contributed by atoms with Crippen molar-refractivity contribution in [3.8, 4) is 0 Å². The summed E-state index contributed by atoms with van der Waals surface area (Å²) in [6.07, 6.45) is 12.1. The van der Waals surface area contributed by atoms with Crippen LogP contribution < -0.4 is 5.32 Å². The van der Waals surface area contributed by atoms with Gasteiger partial charge in [-0.25, -0.2) is 0 Å². The second-order valence-electron chi connectivity index (χ2n) is 10.5. The first-order valence-electron chi connectivity index (χ1n) is 13.4. The second kappa shape index (κ2) is 11.2. The summed E-state index contributed by atoms with van der Waals surface area (Å²) in [5.41, 5.74) is 3.77. The molecule has 0 aromatic heterocycles. The highest BCUT2D eigenvalue weighted by atomic mass is 35.5. The van der Waals surface area contributed by atoms with Gasteiger partial charge >= 0.3 is 0 Å². The van der Waals surface area contributed by atoms with Gasteiger partial charge in [0.15, 0.2) is 0 Å². The van der Waals surface area contributed by atoms with Crippen LogP contribution in [-0.4, -0.2) is 53.8 Å². The molecule has 0 saturated carbocycles. The molecule has 2 fully saturated rings. The van der Waals surface area contributed by atoms with Gasteiger partial charge in [-0.15, -0.1) is 0 Å². The van der Waals surface area contributed by atoms with E-state index in [4.69, 9.17) is 11.6 Å². The Kier molecular flexibility index (Phi) is 7.78. The Balaban J connectivity index is 1.39. The number of carbonyl (C=O) groups excluding carboxylic acids is 2. The molecule has 5 rings (SSSR count). The van der Waals surface area contributed by atoms with E-state index < -0.39 is 0 Å². The topological polar surface area (TPSA) is 52.7 Å². The molecule has 2 amide bonds. The quantitative estimate of drug-likeness (QED) is 0.498. The van der Waals surface area contributed by atoms with Crippen LogP contribution in [0.15, 0.2) is 42.5 Å². The summed E-state index contributed by atoms with van der Waals surface area (Å²) in [4.78, 5) is 31.9. The van der Waals surface area contributed by atoms with Crippen LogP contribution >= 0.6 is 11.6 Å². The lowest BCUT2D eigenvalue weighted by Crippen LogP contribution is -2.50. The number of rotatable bonds is 5. The minimum Gasteiger partial charge on any atom is -0.334 e. The minimum atomic E-state index is -0.203. The molecule has 0 spiro atoms. The molecule has 36 heavy (non-hydrogen) atoms. The van der Waals surface area contributed by atoms with Gasteiger partial charge in [-0.1, -0.05) is 49.2 Å². The summed E-state index contributed by atoms with van der Waals surface area (Å²) in [7, 11) is 0. The van der Waals surface area contributed by atoms with Gasteiger partial charge in [0, 0.05) is 29.7 Å². The number of hydrogen-bond acceptors (Lipinski definition) is 3. The first kappa shape index (κ1) is 25.0. The molecule has 2 aliphatic heterocycles. The van der Waals surface area contributed by atoms with Crippen molar-refractivity contribution in [2.45, 2.75) is 63.8 Å². The van der Waals surface area contributed by atoms with E-state index >= 15 is 0 Å². The van der Waals surface area contributed by atoms with Crippen LogP contribution in [0.4, 0.5) is 5.69 Å². The van der Waals surface area contributed by atoms with Gasteiger partial charge in [0.25, 0.3) is 11.8 Å². The zero-order valence-electron chi connectivity index (χ0n) is 21.1. The van der Waals surface area contributed by atoms with Crippen LogP contribution in [0.3, 0.4) is 0 Å². The van der Waals surface area contributed by atoms with Gasteiger partial charge in [0.1, 0.15) is 0 Å². The molecule has 2 aromatic carbocycles. The molecule has 5 nitrogen and oxygen atoms in total. The number of benzene rings is 2. The highest BCUT2D eigenvalue weighted by molar-refractivity contribution is 6.31. The molecule has 6 heteroatoms. The molecule has 1 aliphatic carbocycles. The fourth-order valence-corrected chi connectivity index (χ4v) is 6.13. The van der Waals surface area contributed by atoms with Gasteiger partial charge in [-0.05, 0) is 92.9 Å². The van der Waals surface area contributed by atoms with Crippen molar-refractivity contribution in [2.75, 3.05) is 31.5 Å². The van der Waals surface area contributed by atoms with E-state index in [1.807, 2.05) is 23.1 Å². The number of nitrogens with zero attached hydrogens (tertiary/aromatic N) is 2. The number of anilines is 1. The molecule has 2 unspecified atom stereocenters. The summed E-state index contributed by atoms with van der Waals surface area (Å²) in [5, 5.41) is 3.54. The van der Waals surface area contributed by atoms with Gasteiger partial charge in [0.05, 0.1) is 11.3 Å². The summed E-state index contributed by atoms with van der Waals surface area (Å²) < 4.78 is 0. The van der Waals surface area contributed by atoms with E-state index in [2.05, 4.69) is 29.3 Å². The molecule has 0 bridgehead atoms. The highest BCUT2D eigenvalue weighted by Crippen LogP contribution is 2.32. The number of carbonyl (C=O) groups is 2. The van der Waals surface area contributed by atoms with E-state index in [1.54, 1.807) is 18.2 Å². The maximum absolute atomic E-state index is 13.9. The highest BCUT2D eigenvalue weighted by Gasteiger charge is 2.31. The Hall–Kier alpha value is -2.63. The average molecular weight is 506 g/mol. The third-order valence-corrected chi connectivity index (χ3v) is 8.19. The first-order chi connectivity index (χ1) is 17.5. The summed E-state index contributed by atoms with van der Waals surface area (Å²) in [6, 6.07) is 11.3. The lowest BCUT2D eigenvalue weighted by atomic mass is 9.86. The van der Waals surface area contributed by atoms with E-state index in [0.717, 1.165) is 57.4 Å². The van der Waals surface area contributed by atoms with E-state index in [9.17, 15) is 9.59 Å². The molecule has 2 atom stereocenters. The maximum atomic E-state index is 13.9. The molecule has 2 saturated heterocycles. The van der Waals surface area contributed by atoms with Crippen molar-refractivity contribution < 1.29 is 9.59 Å². The average Bonchev–Trinajstić information content (AvgIpc) is 2.90. The molecule has 2 aromatic rings. The van der Waals surface area contributed by atoms with Crippen LogP contribution in [0, 0.1) is 0 Å². The van der Waals surface area contributed by atoms with Crippen molar-refractivity contribution in [1.29, 1.82) is 0 Å². The van der Waals surface area contributed by atoms with E-state index in [0.29, 0.717) is 27.8 Å². The molecule has 2 heterocycles. The number of halogens is 1. The molecule has 1 N–H and O–H groups in total. The lowest BCUT2D eigenvalue weighted by molar-refractivity contribution is 0.0530. The Labute approximate surface area is 219 Å². The monoisotopic (exact) mass is 505 g/mol. The van der Waals surface area contributed by atoms with E-state index in [-0.39, 0.29) is 17.9 Å². The second-order valence-corrected chi connectivity index (χ2v) is 10.9. The number of likely N-dealkylation sites (tertiary alicyclic amines) is 2. The SMILES string of the molecule is CC1CC=Cc2c(C(=O)Nc3ccc(Cl)cc3C(=O)N3CCCCC3CN3CCCCC3)cccc21. The van der Waals surface area contributed by atoms with Crippen molar-refractivity contribution in [3.63, 3.8) is 0 Å². The molecule has 190 valence electrons. The van der Waals surface area contributed by atoms with Crippen LogP contribution in [0.1, 0.15) is 89.6 Å². The van der Waals surface area contributed by atoms with Crippen LogP contribution in [0.2, 0.25) is 5.02 Å². The van der Waals surface area contributed by atoms with Crippen LogP contribution in [0.25, 0.3) is 6.08 Å². The van der Waals surface area contributed by atoms with E-state index in [1.165, 1.54) is 24.8 Å². The number of fused-ring (bicyclic) bond motifs is 1. The predicted octanol–water partition coefficient (Wildman–Crippen LogP) is 6.59. The number of amides is 2. The zero-order valence-corrected chi connectivity index (χ0v) is 21.9. The molecule has 0 radical (unpaired) electrons. The van der Waals surface area contributed by atoms with Crippen molar-refractivity contribution in [1.82, 2.24) is 9.80 Å². The fourth-order valence-electron chi connectivity index (χ4n) is 5.96. The number of nitrogens with one attached hydrogen (secondary N) is 1. The zero-order chi connectivity index (χ0) is 25.1. The summed E-state index contributed by atoms with van der Waals surface area (Å²) >= 11 is 6.36. The normalized spacial score (nSPS) is 22.2. The van der Waals surface area contributed by atoms with Crippen molar-refractivity contribution in [3.05, 3.63) is 69.8 Å². The lowest BCUT2D eigenvalue weighted by Gasteiger charge is -2.40. The third kappa shape index (κ3) is 5.37. The largest absolute Gasteiger partial charge is 0.334 e. The summed E-state index contributed by atoms with van der Waals surface area (Å²) in [6.45, 7) is 6.08. The Morgan fingerprint density at radius 3 is 2.64 bits per heavy atom. The summed E-state index contributed by atoms with van der Waals surface area (Å²) in [5.74, 6) is 0.130. The maximum Gasteiger partial charge on any atom is 0.256 e. The predicted molar refractivity (Wildman–Crippen MR) is 147 cm³/mol. The van der Waals surface area contributed by atoms with Crippen molar-refractivity contribution in [2.24, 2.45) is 0 Å². The van der Waals surface area contributed by atoms with Crippen LogP contribution in [-0.2, 0) is 0 Å². The minimum absolute atomic E-state index is 0.0434. The van der Waals surface area contributed by atoms with Crippen molar-refractivity contribution >= 4 is 35.2 Å². The number of hydrogen-bond donors (Lipinski definition) is 1. The van der Waals surface area contributed by atoms with Gasteiger partial charge in [0.2, 0.25) is 0 Å². The van der Waals surface area contributed by atoms with Gasteiger partial charge < -0.3 is 15.1 Å². The van der Waals surface area contributed by atoms with Crippen LogP contribution in [0.5, 0.6) is 0 Å². The molecular weight excluding hydrogens is 470 g/mol. The molecule has 3 aliphatic rings. The fraction of sp³-hybridized carbons (Fsp3) is 0.467. The van der Waals surface area contributed by atoms with Gasteiger partial charge in [-0.2, -0.15) is 0 Å². The Morgan fingerprint density at radius 1 is 1.00 bits per heavy atom. The first-order valence-corrected chi connectivity index (χ1v) is 13.8. The smallest absolute Gasteiger partial charge is 0.256 e. The van der Waals surface area contributed by atoms with Gasteiger partial charge in [-0.3, -0.25) is 9.59 Å². The molecular formula is C30H36ClN3O2. The Bertz CT molecular complexity index is 1150. The number of allylic oxidation sites excluding steroid dienone is 1. The Morgan fingerprint density at radius 2 is 1.81 bits per heavy atom. The third-order valence-electron chi connectivity index (χ3n) is 7.96. The number of piperidine rings is 2.